The van der Waals surface area contributed by atoms with Gasteiger partial charge in [-0.2, -0.15) is 0 Å². The lowest BCUT2D eigenvalue weighted by Crippen LogP contribution is -2.36. The van der Waals surface area contributed by atoms with E-state index in [1.54, 1.807) is 11.1 Å². The number of anilines is 1. The second-order valence-corrected chi connectivity index (χ2v) is 5.14. The van der Waals surface area contributed by atoms with Gasteiger partial charge in [0.1, 0.15) is 11.9 Å². The Morgan fingerprint density at radius 3 is 3.21 bits per heavy atom. The van der Waals surface area contributed by atoms with Gasteiger partial charge in [-0.05, 0) is 19.4 Å². The number of nitrogens with zero attached hydrogens (tertiary/aromatic N) is 2. The van der Waals surface area contributed by atoms with E-state index in [0.717, 1.165) is 12.0 Å². The van der Waals surface area contributed by atoms with Crippen molar-refractivity contribution in [2.24, 2.45) is 0 Å². The molecule has 2 atom stereocenters. The van der Waals surface area contributed by atoms with Gasteiger partial charge in [0.25, 0.3) is 0 Å². The van der Waals surface area contributed by atoms with Crippen LogP contribution in [0.25, 0.3) is 0 Å². The Morgan fingerprint density at radius 1 is 1.58 bits per heavy atom. The van der Waals surface area contributed by atoms with Gasteiger partial charge in [0.15, 0.2) is 0 Å². The molecule has 5 nitrogen and oxygen atoms in total. The van der Waals surface area contributed by atoms with Crippen molar-refractivity contribution in [3.8, 4) is 0 Å². The summed E-state index contributed by atoms with van der Waals surface area (Å²) in [5.74, 6) is 0.766. The highest BCUT2D eigenvalue weighted by Crippen LogP contribution is 2.38. The second-order valence-electron chi connectivity index (χ2n) is 4.70. The number of hydrogen-bond acceptors (Lipinski definition) is 4. The summed E-state index contributed by atoms with van der Waals surface area (Å²) in [6, 6.07) is 1.89. The first-order chi connectivity index (χ1) is 9.20. The molecule has 1 fully saturated rings. The van der Waals surface area contributed by atoms with Crippen LogP contribution in [0.5, 0.6) is 0 Å². The number of hydrogen-bond donors (Lipinski definition) is 0. The maximum absolute atomic E-state index is 12.1. The molecule has 102 valence electrons. The van der Waals surface area contributed by atoms with Crippen LogP contribution in [0.1, 0.15) is 24.8 Å². The summed E-state index contributed by atoms with van der Waals surface area (Å²) in [6.07, 6.45) is 1.76. The lowest BCUT2D eigenvalue weighted by molar-refractivity contribution is -0.0258. The molecule has 0 radical (unpaired) electrons. The average molecular weight is 283 g/mol. The summed E-state index contributed by atoms with van der Waals surface area (Å²) in [7, 11) is 0. The second kappa shape index (κ2) is 4.98. The zero-order valence-corrected chi connectivity index (χ0v) is 11.4. The standard InChI is InChI=1S/C13H15ClN2O3/c1-2-16-12-10(5-8(14)6-15-12)9-3-4-18-7-11(9)19-13(16)17/h5-6,9,11H,2-4,7H2,1H3. The van der Waals surface area contributed by atoms with Gasteiger partial charge in [0, 0.05) is 30.8 Å². The molecule has 1 saturated heterocycles. The van der Waals surface area contributed by atoms with Gasteiger partial charge < -0.3 is 9.47 Å². The monoisotopic (exact) mass is 282 g/mol. The molecular formula is C13H15ClN2O3. The minimum atomic E-state index is -0.364. The molecule has 6 heteroatoms. The third-order valence-electron chi connectivity index (χ3n) is 3.61. The Kier molecular flexibility index (Phi) is 3.33. The zero-order valence-electron chi connectivity index (χ0n) is 10.6. The van der Waals surface area contributed by atoms with Crippen molar-refractivity contribution in [2.75, 3.05) is 24.7 Å². The fourth-order valence-corrected chi connectivity index (χ4v) is 2.85. The van der Waals surface area contributed by atoms with Gasteiger partial charge in [-0.15, -0.1) is 0 Å². The van der Waals surface area contributed by atoms with Crippen molar-refractivity contribution in [1.82, 2.24) is 4.98 Å². The average Bonchev–Trinajstić information content (AvgIpc) is 2.52. The Labute approximate surface area is 116 Å². The fourth-order valence-electron chi connectivity index (χ4n) is 2.69. The third kappa shape index (κ3) is 2.17. The highest BCUT2D eigenvalue weighted by atomic mass is 35.5. The fraction of sp³-hybridized carbons (Fsp3) is 0.538. The van der Waals surface area contributed by atoms with E-state index >= 15 is 0 Å². The van der Waals surface area contributed by atoms with Crippen molar-refractivity contribution in [2.45, 2.75) is 25.4 Å². The first-order valence-electron chi connectivity index (χ1n) is 6.42. The molecule has 2 unspecified atom stereocenters. The van der Waals surface area contributed by atoms with Gasteiger partial charge in [-0.1, -0.05) is 11.6 Å². The molecule has 0 aliphatic carbocycles. The number of halogens is 1. The topological polar surface area (TPSA) is 51.7 Å². The van der Waals surface area contributed by atoms with Crippen LogP contribution in [-0.2, 0) is 9.47 Å². The van der Waals surface area contributed by atoms with Gasteiger partial charge in [-0.25, -0.2) is 9.78 Å². The quantitative estimate of drug-likeness (QED) is 0.794. The molecular weight excluding hydrogens is 268 g/mol. The smallest absolute Gasteiger partial charge is 0.415 e. The predicted octanol–water partition coefficient (Wildman–Crippen LogP) is 2.58. The number of carbonyl (C=O) groups excluding carboxylic acids is 1. The van der Waals surface area contributed by atoms with E-state index < -0.39 is 0 Å². The molecule has 1 amide bonds. The summed E-state index contributed by atoms with van der Waals surface area (Å²) < 4.78 is 10.9. The van der Waals surface area contributed by atoms with E-state index in [0.29, 0.717) is 30.6 Å². The van der Waals surface area contributed by atoms with E-state index in [1.807, 2.05) is 13.0 Å². The molecule has 3 heterocycles. The van der Waals surface area contributed by atoms with Crippen molar-refractivity contribution in [3.05, 3.63) is 22.8 Å². The van der Waals surface area contributed by atoms with Crippen molar-refractivity contribution in [3.63, 3.8) is 0 Å². The minimum Gasteiger partial charge on any atom is -0.443 e. The van der Waals surface area contributed by atoms with Crippen LogP contribution in [0, 0.1) is 0 Å². The molecule has 0 bridgehead atoms. The van der Waals surface area contributed by atoms with Crippen LogP contribution in [0.2, 0.25) is 5.02 Å². The molecule has 1 aromatic rings. The molecule has 3 rings (SSSR count). The van der Waals surface area contributed by atoms with E-state index in [4.69, 9.17) is 21.1 Å². The Hall–Kier alpha value is -1.33. The van der Waals surface area contributed by atoms with Crippen LogP contribution in [-0.4, -0.2) is 36.9 Å². The van der Waals surface area contributed by atoms with Crippen molar-refractivity contribution < 1.29 is 14.3 Å². The normalized spacial score (nSPS) is 26.2. The molecule has 0 aromatic carbocycles. The van der Waals surface area contributed by atoms with Crippen LogP contribution < -0.4 is 4.90 Å². The molecule has 19 heavy (non-hydrogen) atoms. The summed E-state index contributed by atoms with van der Waals surface area (Å²) in [6.45, 7) is 3.50. The first-order valence-corrected chi connectivity index (χ1v) is 6.80. The van der Waals surface area contributed by atoms with Crippen molar-refractivity contribution in [1.29, 1.82) is 0 Å². The summed E-state index contributed by atoms with van der Waals surface area (Å²) in [5.41, 5.74) is 0.980. The Bertz CT molecular complexity index is 509. The molecule has 2 aliphatic rings. The lowest BCUT2D eigenvalue weighted by Gasteiger charge is -2.29. The van der Waals surface area contributed by atoms with E-state index in [2.05, 4.69) is 4.98 Å². The number of carbonyl (C=O) groups is 1. The molecule has 2 aliphatic heterocycles. The molecule has 0 N–H and O–H groups in total. The largest absolute Gasteiger partial charge is 0.443 e. The van der Waals surface area contributed by atoms with E-state index in [1.165, 1.54) is 0 Å². The van der Waals surface area contributed by atoms with Gasteiger partial charge in [-0.3, -0.25) is 4.90 Å². The summed E-state index contributed by atoms with van der Waals surface area (Å²) in [4.78, 5) is 18.0. The highest BCUT2D eigenvalue weighted by molar-refractivity contribution is 6.30. The third-order valence-corrected chi connectivity index (χ3v) is 3.82. The molecule has 1 aromatic heterocycles. The summed E-state index contributed by atoms with van der Waals surface area (Å²) in [5, 5.41) is 0.578. The number of fused-ring (bicyclic) bond motifs is 3. The SMILES string of the molecule is CCN1C(=O)OC2COCCC2c2cc(Cl)cnc21. The van der Waals surface area contributed by atoms with Crippen LogP contribution in [0.3, 0.4) is 0 Å². The maximum Gasteiger partial charge on any atom is 0.415 e. The Balaban J connectivity index is 2.12. The number of aromatic nitrogens is 1. The Morgan fingerprint density at radius 2 is 2.42 bits per heavy atom. The molecule has 0 spiro atoms. The molecule has 0 saturated carbocycles. The van der Waals surface area contributed by atoms with Crippen molar-refractivity contribution >= 4 is 23.5 Å². The highest BCUT2D eigenvalue weighted by Gasteiger charge is 2.38. The summed E-state index contributed by atoms with van der Waals surface area (Å²) >= 11 is 6.05. The number of rotatable bonds is 1. The number of pyridine rings is 1. The van der Waals surface area contributed by atoms with E-state index in [-0.39, 0.29) is 18.1 Å². The maximum atomic E-state index is 12.1. The lowest BCUT2D eigenvalue weighted by atomic mass is 9.89. The van der Waals surface area contributed by atoms with Crippen LogP contribution in [0.15, 0.2) is 12.3 Å². The van der Waals surface area contributed by atoms with Crippen LogP contribution in [0.4, 0.5) is 10.6 Å². The zero-order chi connectivity index (χ0) is 13.4. The van der Waals surface area contributed by atoms with Crippen LogP contribution >= 0.6 is 11.6 Å². The minimum absolute atomic E-state index is 0.107. The van der Waals surface area contributed by atoms with Gasteiger partial charge >= 0.3 is 6.09 Å². The van der Waals surface area contributed by atoms with Gasteiger partial charge in [0.2, 0.25) is 0 Å². The number of amides is 1. The number of ether oxygens (including phenoxy) is 2. The predicted molar refractivity (Wildman–Crippen MR) is 70.7 cm³/mol. The first kappa shape index (κ1) is 12.7. The van der Waals surface area contributed by atoms with E-state index in [9.17, 15) is 4.79 Å². The van der Waals surface area contributed by atoms with Gasteiger partial charge in [0.05, 0.1) is 11.6 Å².